The Morgan fingerprint density at radius 3 is 2.43 bits per heavy atom. The summed E-state index contributed by atoms with van der Waals surface area (Å²) in [6, 6.07) is 10.3. The Morgan fingerprint density at radius 1 is 0.978 bits per heavy atom. The summed E-state index contributed by atoms with van der Waals surface area (Å²) in [7, 11) is 2.54. The SMILES string of the molecule is COC(=O)c1cc(N)ccc1NCCCC[C@H](NC(=O)c1ccc(N(C=O)Cc2cnc3nc(N)nc(N)c3n2)cc1)C(=O)OC. The number of aromatic nitrogens is 4. The molecule has 0 spiro atoms. The number of amides is 2. The van der Waals surface area contributed by atoms with Crippen LogP contribution in [0.4, 0.5) is 28.8 Å². The number of esters is 2. The Hall–Kier alpha value is -6.06. The molecule has 1 atom stereocenters. The summed E-state index contributed by atoms with van der Waals surface area (Å²) in [5.74, 6) is -1.54. The van der Waals surface area contributed by atoms with Crippen molar-refractivity contribution in [2.24, 2.45) is 0 Å². The minimum absolute atomic E-state index is 0.0249. The standard InChI is InChI=1S/C30H34N10O6/c1-45-28(43)21-13-18(31)8-11-22(21)34-12-4-3-5-23(29(44)46-2)37-27(42)17-6-9-20(10-7-17)40(16-41)15-19-14-35-26-24(36-19)25(32)38-30(33)39-26/h6-11,13-14,16,23,34H,3-5,12,15,31H2,1-2H3,(H,37,42)(H4,32,33,35,38,39)/t23-/m0/s1. The largest absolute Gasteiger partial charge is 0.467 e. The molecule has 0 aliphatic rings. The molecule has 0 saturated heterocycles. The molecule has 2 heterocycles. The van der Waals surface area contributed by atoms with Crippen LogP contribution in [0.25, 0.3) is 11.2 Å². The van der Waals surface area contributed by atoms with E-state index in [0.29, 0.717) is 60.5 Å². The lowest BCUT2D eigenvalue weighted by Gasteiger charge is -2.19. The number of unbranched alkanes of at least 4 members (excludes halogenated alkanes) is 1. The topological polar surface area (TPSA) is 244 Å². The van der Waals surface area contributed by atoms with Gasteiger partial charge in [-0.2, -0.15) is 9.97 Å². The van der Waals surface area contributed by atoms with E-state index >= 15 is 0 Å². The van der Waals surface area contributed by atoms with Gasteiger partial charge in [0.05, 0.1) is 38.2 Å². The van der Waals surface area contributed by atoms with Crippen LogP contribution >= 0.6 is 0 Å². The first-order valence-electron chi connectivity index (χ1n) is 14.1. The summed E-state index contributed by atoms with van der Waals surface area (Å²) >= 11 is 0. The second kappa shape index (κ2) is 15.1. The Kier molecular flexibility index (Phi) is 10.8. The number of carbonyl (C=O) groups is 4. The van der Waals surface area contributed by atoms with Crippen molar-refractivity contribution in [2.75, 3.05) is 48.2 Å². The van der Waals surface area contributed by atoms with Crippen molar-refractivity contribution in [2.45, 2.75) is 31.8 Å². The van der Waals surface area contributed by atoms with Gasteiger partial charge in [-0.05, 0) is 61.7 Å². The molecule has 2 aromatic carbocycles. The van der Waals surface area contributed by atoms with Crippen LogP contribution in [-0.4, -0.2) is 71.0 Å². The van der Waals surface area contributed by atoms with Gasteiger partial charge in [-0.15, -0.1) is 0 Å². The van der Waals surface area contributed by atoms with E-state index in [1.54, 1.807) is 24.3 Å². The number of hydrogen-bond donors (Lipinski definition) is 5. The van der Waals surface area contributed by atoms with Crippen LogP contribution in [0.5, 0.6) is 0 Å². The monoisotopic (exact) mass is 630 g/mol. The number of fused-ring (bicyclic) bond motifs is 1. The number of benzene rings is 2. The maximum atomic E-state index is 13.0. The lowest BCUT2D eigenvalue weighted by atomic mass is 10.1. The minimum Gasteiger partial charge on any atom is -0.467 e. The normalized spacial score (nSPS) is 11.3. The van der Waals surface area contributed by atoms with E-state index in [1.807, 2.05) is 0 Å². The van der Waals surface area contributed by atoms with Crippen molar-refractivity contribution < 1.29 is 28.7 Å². The molecule has 0 aliphatic carbocycles. The molecule has 0 aliphatic heterocycles. The summed E-state index contributed by atoms with van der Waals surface area (Å²) in [6.07, 6.45) is 3.58. The van der Waals surface area contributed by atoms with E-state index in [1.165, 1.54) is 43.5 Å². The number of nitrogens with two attached hydrogens (primary N) is 3. The molecule has 240 valence electrons. The smallest absolute Gasteiger partial charge is 0.340 e. The van der Waals surface area contributed by atoms with Crippen molar-refractivity contribution >= 4 is 64.2 Å². The zero-order chi connectivity index (χ0) is 33.2. The number of hydrogen-bond acceptors (Lipinski definition) is 14. The second-order valence-electron chi connectivity index (χ2n) is 10.0. The average Bonchev–Trinajstić information content (AvgIpc) is 3.06. The number of methoxy groups -OCH3 is 2. The van der Waals surface area contributed by atoms with Crippen molar-refractivity contribution in [3.63, 3.8) is 0 Å². The van der Waals surface area contributed by atoms with Gasteiger partial charge in [0.15, 0.2) is 17.0 Å². The van der Waals surface area contributed by atoms with Crippen molar-refractivity contribution in [3.8, 4) is 0 Å². The van der Waals surface area contributed by atoms with Crippen LogP contribution < -0.4 is 32.7 Å². The maximum absolute atomic E-state index is 13.0. The van der Waals surface area contributed by atoms with E-state index in [9.17, 15) is 19.2 Å². The van der Waals surface area contributed by atoms with Crippen molar-refractivity contribution in [1.82, 2.24) is 25.3 Å². The number of rotatable bonds is 14. The molecule has 0 bridgehead atoms. The summed E-state index contributed by atoms with van der Waals surface area (Å²) < 4.78 is 9.70. The molecule has 2 aromatic heterocycles. The number of carbonyl (C=O) groups excluding carboxylic acids is 4. The van der Waals surface area contributed by atoms with Crippen molar-refractivity contribution in [1.29, 1.82) is 0 Å². The number of ether oxygens (including phenoxy) is 2. The summed E-state index contributed by atoms with van der Waals surface area (Å²) in [5, 5.41) is 5.89. The molecular formula is C30H34N10O6. The molecule has 4 aromatic rings. The Labute approximate surface area is 263 Å². The quantitative estimate of drug-likeness (QED) is 0.0576. The van der Waals surface area contributed by atoms with Crippen LogP contribution in [0.3, 0.4) is 0 Å². The first kappa shape index (κ1) is 32.8. The molecular weight excluding hydrogens is 596 g/mol. The molecule has 16 nitrogen and oxygen atoms in total. The number of nitrogens with zero attached hydrogens (tertiary/aromatic N) is 5. The lowest BCUT2D eigenvalue weighted by molar-refractivity contribution is -0.143. The summed E-state index contributed by atoms with van der Waals surface area (Å²) in [4.78, 5) is 67.2. The Bertz CT molecular complexity index is 1730. The van der Waals surface area contributed by atoms with E-state index in [2.05, 4.69) is 30.6 Å². The van der Waals surface area contributed by atoms with Gasteiger partial charge < -0.3 is 42.2 Å². The minimum atomic E-state index is -0.885. The highest BCUT2D eigenvalue weighted by Crippen LogP contribution is 2.21. The third-order valence-electron chi connectivity index (χ3n) is 6.90. The van der Waals surface area contributed by atoms with Crippen LogP contribution in [0.1, 0.15) is 45.7 Å². The first-order chi connectivity index (χ1) is 22.1. The zero-order valence-electron chi connectivity index (χ0n) is 25.2. The summed E-state index contributed by atoms with van der Waals surface area (Å²) in [5.41, 5.74) is 20.3. The molecule has 46 heavy (non-hydrogen) atoms. The first-order valence-corrected chi connectivity index (χ1v) is 14.1. The molecule has 8 N–H and O–H groups in total. The van der Waals surface area contributed by atoms with Gasteiger partial charge in [0.25, 0.3) is 5.91 Å². The fraction of sp³-hybridized carbons (Fsp3) is 0.267. The summed E-state index contributed by atoms with van der Waals surface area (Å²) in [6.45, 7) is 0.550. The molecule has 0 radical (unpaired) electrons. The van der Waals surface area contributed by atoms with Gasteiger partial charge in [0, 0.05) is 29.2 Å². The molecule has 0 saturated carbocycles. The van der Waals surface area contributed by atoms with Crippen LogP contribution in [0, 0.1) is 0 Å². The van der Waals surface area contributed by atoms with Crippen molar-refractivity contribution in [3.05, 3.63) is 65.5 Å². The van der Waals surface area contributed by atoms with Crippen LogP contribution in [-0.2, 0) is 25.6 Å². The fourth-order valence-electron chi connectivity index (χ4n) is 4.55. The Morgan fingerprint density at radius 2 is 1.74 bits per heavy atom. The number of nitrogens with one attached hydrogen (secondary N) is 2. The van der Waals surface area contributed by atoms with Gasteiger partial charge in [-0.25, -0.2) is 19.6 Å². The van der Waals surface area contributed by atoms with E-state index < -0.39 is 23.9 Å². The van der Waals surface area contributed by atoms with Gasteiger partial charge in [0.2, 0.25) is 12.4 Å². The van der Waals surface area contributed by atoms with E-state index in [4.69, 9.17) is 26.7 Å². The third-order valence-corrected chi connectivity index (χ3v) is 6.90. The van der Waals surface area contributed by atoms with E-state index in [-0.39, 0.29) is 35.0 Å². The van der Waals surface area contributed by atoms with Crippen LogP contribution in [0.2, 0.25) is 0 Å². The van der Waals surface area contributed by atoms with Gasteiger partial charge >= 0.3 is 11.9 Å². The fourth-order valence-corrected chi connectivity index (χ4v) is 4.55. The molecule has 0 unspecified atom stereocenters. The molecule has 2 amide bonds. The van der Waals surface area contributed by atoms with Gasteiger partial charge in [-0.3, -0.25) is 9.59 Å². The molecule has 16 heteroatoms. The maximum Gasteiger partial charge on any atom is 0.340 e. The van der Waals surface area contributed by atoms with Gasteiger partial charge in [0.1, 0.15) is 6.04 Å². The average molecular weight is 631 g/mol. The molecule has 4 rings (SSSR count). The third kappa shape index (κ3) is 8.10. The lowest BCUT2D eigenvalue weighted by Crippen LogP contribution is -2.41. The number of anilines is 5. The number of nitrogen functional groups attached to an aromatic ring is 3. The predicted octanol–water partition coefficient (Wildman–Crippen LogP) is 1.67. The second-order valence-corrected chi connectivity index (χ2v) is 10.0. The predicted molar refractivity (Wildman–Crippen MR) is 170 cm³/mol. The van der Waals surface area contributed by atoms with Crippen LogP contribution in [0.15, 0.2) is 48.7 Å². The highest BCUT2D eigenvalue weighted by molar-refractivity contribution is 5.97. The highest BCUT2D eigenvalue weighted by atomic mass is 16.5. The highest BCUT2D eigenvalue weighted by Gasteiger charge is 2.22. The van der Waals surface area contributed by atoms with E-state index in [0.717, 1.165) is 0 Å². The van der Waals surface area contributed by atoms with Gasteiger partial charge in [-0.1, -0.05) is 0 Å². The zero-order valence-corrected chi connectivity index (χ0v) is 25.2. The Balaban J connectivity index is 1.33. The molecule has 0 fully saturated rings.